The van der Waals surface area contributed by atoms with Crippen molar-refractivity contribution >= 4 is 29.2 Å². The van der Waals surface area contributed by atoms with E-state index in [2.05, 4.69) is 10.6 Å². The number of hydrogen-bond donors (Lipinski definition) is 3. The molecule has 0 unspecified atom stereocenters. The molecule has 7 heteroatoms. The average molecular weight is 396 g/mol. The van der Waals surface area contributed by atoms with Crippen LogP contribution in [0.3, 0.4) is 0 Å². The van der Waals surface area contributed by atoms with Crippen LogP contribution >= 0.6 is 0 Å². The molecule has 3 rings (SSSR count). The van der Waals surface area contributed by atoms with Gasteiger partial charge >= 0.3 is 5.97 Å². The molecular formula is C22H24N2O5. The first-order chi connectivity index (χ1) is 14.0. The fraction of sp³-hybridized carbons (Fsp3) is 0.318. The summed E-state index contributed by atoms with van der Waals surface area (Å²) < 4.78 is 5.10. The Bertz CT molecular complexity index is 894. The van der Waals surface area contributed by atoms with Crippen molar-refractivity contribution in [2.75, 3.05) is 17.7 Å². The average Bonchev–Trinajstić information content (AvgIpc) is 2.74. The van der Waals surface area contributed by atoms with Crippen LogP contribution in [0.5, 0.6) is 5.75 Å². The second-order valence-corrected chi connectivity index (χ2v) is 7.05. The van der Waals surface area contributed by atoms with Gasteiger partial charge < -0.3 is 20.5 Å². The number of anilines is 2. The van der Waals surface area contributed by atoms with Crippen LogP contribution in [0.25, 0.3) is 0 Å². The minimum atomic E-state index is -0.949. The summed E-state index contributed by atoms with van der Waals surface area (Å²) in [4.78, 5) is 37.0. The van der Waals surface area contributed by atoms with Crippen molar-refractivity contribution in [3.63, 3.8) is 0 Å². The minimum absolute atomic E-state index is 0.305. The number of amides is 2. The molecule has 0 aliphatic heterocycles. The number of carbonyl (C=O) groups is 3. The van der Waals surface area contributed by atoms with Gasteiger partial charge in [0.15, 0.2) is 0 Å². The van der Waals surface area contributed by atoms with Gasteiger partial charge in [0.25, 0.3) is 5.91 Å². The Morgan fingerprint density at radius 1 is 0.931 bits per heavy atom. The van der Waals surface area contributed by atoms with Crippen molar-refractivity contribution in [1.29, 1.82) is 0 Å². The summed E-state index contributed by atoms with van der Waals surface area (Å²) in [6.07, 6.45) is 2.65. The highest BCUT2D eigenvalue weighted by molar-refractivity contribution is 6.10. The Morgan fingerprint density at radius 2 is 1.59 bits per heavy atom. The molecule has 0 spiro atoms. The second kappa shape index (κ2) is 9.23. The maximum atomic E-state index is 12.8. The van der Waals surface area contributed by atoms with Crippen molar-refractivity contribution in [3.05, 3.63) is 54.1 Å². The van der Waals surface area contributed by atoms with Crippen molar-refractivity contribution in [2.24, 2.45) is 11.8 Å². The summed E-state index contributed by atoms with van der Waals surface area (Å²) in [6, 6.07) is 13.6. The molecule has 0 bridgehead atoms. The van der Waals surface area contributed by atoms with Crippen LogP contribution in [-0.4, -0.2) is 30.0 Å². The molecule has 2 aromatic carbocycles. The van der Waals surface area contributed by atoms with Gasteiger partial charge in [0.05, 0.1) is 30.2 Å². The standard InChI is InChI=1S/C22H24N2O5/c1-29-15-12-10-14(11-13-15)23-21(26)18-8-4-5-9-19(18)24-20(25)16-6-2-3-7-17(16)22(27)28/h4-5,8-13,16-17H,2-3,6-7H2,1H3,(H,23,26)(H,24,25)(H,27,28)/t16-,17-/m1/s1. The Kier molecular flexibility index (Phi) is 6.49. The highest BCUT2D eigenvalue weighted by Gasteiger charge is 2.36. The van der Waals surface area contributed by atoms with E-state index in [0.29, 0.717) is 35.5 Å². The molecule has 1 saturated carbocycles. The largest absolute Gasteiger partial charge is 0.497 e. The van der Waals surface area contributed by atoms with Gasteiger partial charge in [-0.1, -0.05) is 25.0 Å². The van der Waals surface area contributed by atoms with E-state index in [4.69, 9.17) is 4.74 Å². The van der Waals surface area contributed by atoms with E-state index >= 15 is 0 Å². The number of rotatable bonds is 6. The van der Waals surface area contributed by atoms with Crippen LogP contribution < -0.4 is 15.4 Å². The number of para-hydroxylation sites is 1. The molecule has 1 aliphatic carbocycles. The Labute approximate surface area is 169 Å². The zero-order chi connectivity index (χ0) is 20.8. The number of benzene rings is 2. The molecule has 0 aromatic heterocycles. The second-order valence-electron chi connectivity index (χ2n) is 7.05. The Balaban J connectivity index is 1.74. The SMILES string of the molecule is COc1ccc(NC(=O)c2ccccc2NC(=O)[C@@H]2CCCC[C@H]2C(=O)O)cc1. The number of carboxylic acids is 1. The molecule has 3 N–H and O–H groups in total. The highest BCUT2D eigenvalue weighted by Crippen LogP contribution is 2.31. The quantitative estimate of drug-likeness (QED) is 0.689. The molecule has 1 fully saturated rings. The van der Waals surface area contributed by atoms with Crippen molar-refractivity contribution in [1.82, 2.24) is 0 Å². The van der Waals surface area contributed by atoms with E-state index in [-0.39, 0.29) is 11.8 Å². The summed E-state index contributed by atoms with van der Waals surface area (Å²) in [5.74, 6) is -2.29. The first kappa shape index (κ1) is 20.4. The molecule has 0 radical (unpaired) electrons. The van der Waals surface area contributed by atoms with Crippen LogP contribution in [0.1, 0.15) is 36.0 Å². The lowest BCUT2D eigenvalue weighted by Crippen LogP contribution is -2.36. The van der Waals surface area contributed by atoms with Gasteiger partial charge in [0, 0.05) is 5.69 Å². The van der Waals surface area contributed by atoms with Gasteiger partial charge in [-0.25, -0.2) is 0 Å². The molecule has 152 valence electrons. The number of carbonyl (C=O) groups excluding carboxylic acids is 2. The summed E-state index contributed by atoms with van der Waals surface area (Å²) in [7, 11) is 1.56. The molecule has 0 saturated heterocycles. The van der Waals surface area contributed by atoms with Crippen molar-refractivity contribution in [2.45, 2.75) is 25.7 Å². The van der Waals surface area contributed by atoms with Gasteiger partial charge in [0.1, 0.15) is 5.75 Å². The summed E-state index contributed by atoms with van der Waals surface area (Å²) in [5, 5.41) is 15.0. The van der Waals surface area contributed by atoms with Crippen molar-refractivity contribution < 1.29 is 24.2 Å². The zero-order valence-corrected chi connectivity index (χ0v) is 16.2. The monoisotopic (exact) mass is 396 g/mol. The zero-order valence-electron chi connectivity index (χ0n) is 16.2. The summed E-state index contributed by atoms with van der Waals surface area (Å²) in [5.41, 5.74) is 1.26. The van der Waals surface area contributed by atoms with E-state index in [9.17, 15) is 19.5 Å². The lowest BCUT2D eigenvalue weighted by atomic mass is 9.78. The van der Waals surface area contributed by atoms with Crippen LogP contribution in [0.4, 0.5) is 11.4 Å². The fourth-order valence-corrected chi connectivity index (χ4v) is 3.63. The third-order valence-electron chi connectivity index (χ3n) is 5.20. The third-order valence-corrected chi connectivity index (χ3v) is 5.20. The molecule has 1 aliphatic rings. The van der Waals surface area contributed by atoms with Crippen molar-refractivity contribution in [3.8, 4) is 5.75 Å². The first-order valence-electron chi connectivity index (χ1n) is 9.57. The lowest BCUT2D eigenvalue weighted by Gasteiger charge is -2.27. The Morgan fingerprint density at radius 3 is 2.24 bits per heavy atom. The number of hydrogen-bond acceptors (Lipinski definition) is 4. The minimum Gasteiger partial charge on any atom is -0.497 e. The van der Waals surface area contributed by atoms with Gasteiger partial charge in [-0.3, -0.25) is 14.4 Å². The predicted octanol–water partition coefficient (Wildman–Crippen LogP) is 3.78. The van der Waals surface area contributed by atoms with Gasteiger partial charge in [-0.05, 0) is 49.2 Å². The van der Waals surface area contributed by atoms with Gasteiger partial charge in [-0.15, -0.1) is 0 Å². The summed E-state index contributed by atoms with van der Waals surface area (Å²) >= 11 is 0. The first-order valence-corrected chi connectivity index (χ1v) is 9.57. The number of carboxylic acid groups (broad SMARTS) is 1. The number of nitrogens with one attached hydrogen (secondary N) is 2. The topological polar surface area (TPSA) is 105 Å². The highest BCUT2D eigenvalue weighted by atomic mass is 16.5. The fourth-order valence-electron chi connectivity index (χ4n) is 3.63. The molecule has 2 atom stereocenters. The maximum absolute atomic E-state index is 12.8. The van der Waals surface area contributed by atoms with Crippen LogP contribution in [0.15, 0.2) is 48.5 Å². The summed E-state index contributed by atoms with van der Waals surface area (Å²) in [6.45, 7) is 0. The molecule has 7 nitrogen and oxygen atoms in total. The smallest absolute Gasteiger partial charge is 0.307 e. The van der Waals surface area contributed by atoms with E-state index in [0.717, 1.165) is 12.8 Å². The van der Waals surface area contributed by atoms with Gasteiger partial charge in [-0.2, -0.15) is 0 Å². The van der Waals surface area contributed by atoms with E-state index in [1.807, 2.05) is 0 Å². The van der Waals surface area contributed by atoms with E-state index in [1.165, 1.54) is 0 Å². The molecule has 29 heavy (non-hydrogen) atoms. The number of aliphatic carboxylic acids is 1. The predicted molar refractivity (Wildman–Crippen MR) is 109 cm³/mol. The molecule has 0 heterocycles. The lowest BCUT2D eigenvalue weighted by molar-refractivity contribution is -0.147. The maximum Gasteiger partial charge on any atom is 0.307 e. The Hall–Kier alpha value is -3.35. The normalized spacial score (nSPS) is 18.5. The molecule has 2 amide bonds. The van der Waals surface area contributed by atoms with Gasteiger partial charge in [0.2, 0.25) is 5.91 Å². The molecule has 2 aromatic rings. The van der Waals surface area contributed by atoms with E-state index in [1.54, 1.807) is 55.6 Å². The molecular weight excluding hydrogens is 372 g/mol. The van der Waals surface area contributed by atoms with Crippen LogP contribution in [0, 0.1) is 11.8 Å². The number of methoxy groups -OCH3 is 1. The number of ether oxygens (including phenoxy) is 1. The van der Waals surface area contributed by atoms with Crippen LogP contribution in [-0.2, 0) is 9.59 Å². The van der Waals surface area contributed by atoms with E-state index < -0.39 is 17.8 Å². The van der Waals surface area contributed by atoms with Crippen LogP contribution in [0.2, 0.25) is 0 Å². The third kappa shape index (κ3) is 4.93.